The molecule has 3 rings (SSSR count). The maximum absolute atomic E-state index is 13.1. The molecule has 2 amide bonds. The highest BCUT2D eigenvalue weighted by molar-refractivity contribution is 8.02. The first-order valence-electron chi connectivity index (χ1n) is 9.00. The predicted molar refractivity (Wildman–Crippen MR) is 106 cm³/mol. The number of rotatable bonds is 7. The van der Waals surface area contributed by atoms with E-state index in [0.29, 0.717) is 15.9 Å². The van der Waals surface area contributed by atoms with Crippen LogP contribution in [0, 0.1) is 0 Å². The molecule has 0 spiro atoms. The molecule has 0 bridgehead atoms. The number of carbonyl (C=O) groups is 2. The summed E-state index contributed by atoms with van der Waals surface area (Å²) in [5.41, 5.74) is -1.19. The van der Waals surface area contributed by atoms with Crippen LogP contribution in [-0.4, -0.2) is 33.3 Å². The lowest BCUT2D eigenvalue weighted by atomic mass is 10.1. The lowest BCUT2D eigenvalue weighted by molar-refractivity contribution is -0.137. The summed E-state index contributed by atoms with van der Waals surface area (Å²) >= 11 is 2.29. The number of nitrogens with zero attached hydrogens (tertiary/aromatic N) is 3. The van der Waals surface area contributed by atoms with Gasteiger partial charge in [0.15, 0.2) is 4.34 Å². The van der Waals surface area contributed by atoms with E-state index in [0.717, 1.165) is 30.7 Å². The zero-order chi connectivity index (χ0) is 21.2. The van der Waals surface area contributed by atoms with E-state index in [2.05, 4.69) is 15.5 Å². The molecule has 11 heteroatoms. The largest absolute Gasteiger partial charge is 0.418 e. The van der Waals surface area contributed by atoms with Crippen LogP contribution >= 0.6 is 23.1 Å². The lowest BCUT2D eigenvalue weighted by Gasteiger charge is -2.17. The van der Waals surface area contributed by atoms with Crippen LogP contribution in [-0.2, 0) is 15.8 Å². The number of carbonyl (C=O) groups excluding carboxylic acids is 2. The average Bonchev–Trinajstić information content (AvgIpc) is 3.40. The molecule has 1 aromatic carbocycles. The molecule has 1 saturated carbocycles. The summed E-state index contributed by atoms with van der Waals surface area (Å²) < 4.78 is 39.7. The maximum Gasteiger partial charge on any atom is 0.418 e. The highest BCUT2D eigenvalue weighted by atomic mass is 32.2. The van der Waals surface area contributed by atoms with E-state index in [-0.39, 0.29) is 17.6 Å². The van der Waals surface area contributed by atoms with Gasteiger partial charge in [0.2, 0.25) is 16.9 Å². The van der Waals surface area contributed by atoms with Gasteiger partial charge < -0.3 is 5.32 Å². The number of para-hydroxylation sites is 1. The molecule has 6 nitrogen and oxygen atoms in total. The number of aromatic nitrogens is 2. The van der Waals surface area contributed by atoms with Gasteiger partial charge in [-0.2, -0.15) is 13.2 Å². The minimum absolute atomic E-state index is 0.0326. The molecular weight excluding hydrogens is 425 g/mol. The summed E-state index contributed by atoms with van der Waals surface area (Å²) in [7, 11) is 0. The van der Waals surface area contributed by atoms with Gasteiger partial charge in [-0.3, -0.25) is 14.5 Å². The van der Waals surface area contributed by atoms with Gasteiger partial charge in [0.25, 0.3) is 0 Å². The number of alkyl halides is 3. The van der Waals surface area contributed by atoms with E-state index in [1.54, 1.807) is 18.7 Å². The molecule has 156 valence electrons. The predicted octanol–water partition coefficient (Wildman–Crippen LogP) is 4.58. The van der Waals surface area contributed by atoms with Crippen LogP contribution in [0.25, 0.3) is 0 Å². The van der Waals surface area contributed by atoms with Crippen molar-refractivity contribution in [2.24, 2.45) is 0 Å². The number of amides is 2. The fourth-order valence-electron chi connectivity index (χ4n) is 2.60. The Kier molecular flexibility index (Phi) is 6.47. The highest BCUT2D eigenvalue weighted by Gasteiger charge is 2.36. The summed E-state index contributed by atoms with van der Waals surface area (Å²) in [5.74, 6) is -0.609. The number of hydrogen-bond donors (Lipinski definition) is 1. The minimum Gasteiger partial charge on any atom is -0.325 e. The number of anilines is 2. The molecule has 0 radical (unpaired) electrons. The van der Waals surface area contributed by atoms with Gasteiger partial charge in [-0.05, 0) is 31.9 Å². The summed E-state index contributed by atoms with van der Waals surface area (Å²) in [6.45, 7) is 3.35. The lowest BCUT2D eigenvalue weighted by Crippen LogP contribution is -2.32. The van der Waals surface area contributed by atoms with Crippen molar-refractivity contribution in [3.8, 4) is 0 Å². The third-order valence-electron chi connectivity index (χ3n) is 4.22. The standard InChI is InChI=1S/C18H19F3N4O2S2/c1-3-14(26)25(11-8-9-11)16-23-24-17(29-16)28-10(2)15(27)22-13-7-5-4-6-12(13)18(19,20)21/h4-7,10-11H,3,8-9H2,1-2H3,(H,22,27)/t10-/m1/s1. The Labute approximate surface area is 173 Å². The van der Waals surface area contributed by atoms with Crippen LogP contribution in [0.1, 0.15) is 38.7 Å². The van der Waals surface area contributed by atoms with Crippen molar-refractivity contribution in [1.29, 1.82) is 0 Å². The van der Waals surface area contributed by atoms with E-state index < -0.39 is 22.9 Å². The fourth-order valence-corrected chi connectivity index (χ4v) is 4.67. The zero-order valence-corrected chi connectivity index (χ0v) is 17.3. The van der Waals surface area contributed by atoms with Gasteiger partial charge in [-0.15, -0.1) is 10.2 Å². The number of halogens is 3. The Hall–Kier alpha value is -2.14. The number of hydrogen-bond acceptors (Lipinski definition) is 6. The Balaban J connectivity index is 1.67. The van der Waals surface area contributed by atoms with Crippen molar-refractivity contribution in [2.45, 2.75) is 54.9 Å². The number of nitrogens with one attached hydrogen (secondary N) is 1. The van der Waals surface area contributed by atoms with Crippen molar-refractivity contribution in [3.63, 3.8) is 0 Å². The Morgan fingerprint density at radius 1 is 1.31 bits per heavy atom. The molecule has 1 atom stereocenters. The quantitative estimate of drug-likeness (QED) is 0.500. The van der Waals surface area contributed by atoms with Gasteiger partial charge in [0.1, 0.15) is 0 Å². The van der Waals surface area contributed by atoms with Gasteiger partial charge in [-0.1, -0.05) is 42.2 Å². The Morgan fingerprint density at radius 2 is 2.00 bits per heavy atom. The third-order valence-corrected chi connectivity index (χ3v) is 6.33. The molecule has 0 saturated heterocycles. The first-order chi connectivity index (χ1) is 13.7. The van der Waals surface area contributed by atoms with Crippen LogP contribution in [0.2, 0.25) is 0 Å². The van der Waals surface area contributed by atoms with E-state index in [1.807, 2.05) is 0 Å². The molecule has 0 aliphatic heterocycles. The minimum atomic E-state index is -4.56. The molecule has 1 heterocycles. The smallest absolute Gasteiger partial charge is 0.325 e. The Bertz CT molecular complexity index is 899. The van der Waals surface area contributed by atoms with Crippen molar-refractivity contribution in [1.82, 2.24) is 10.2 Å². The molecule has 0 unspecified atom stereocenters. The van der Waals surface area contributed by atoms with Crippen LogP contribution < -0.4 is 10.2 Å². The van der Waals surface area contributed by atoms with Gasteiger partial charge >= 0.3 is 6.18 Å². The molecule has 1 aliphatic carbocycles. The van der Waals surface area contributed by atoms with Gasteiger partial charge in [-0.25, -0.2) is 0 Å². The van der Waals surface area contributed by atoms with E-state index in [1.165, 1.54) is 29.5 Å². The molecule has 1 aromatic heterocycles. The van der Waals surface area contributed by atoms with Crippen LogP contribution in [0.15, 0.2) is 28.6 Å². The summed E-state index contributed by atoms with van der Waals surface area (Å²) in [5, 5.41) is 10.2. The van der Waals surface area contributed by atoms with Crippen molar-refractivity contribution in [2.75, 3.05) is 10.2 Å². The Morgan fingerprint density at radius 3 is 2.62 bits per heavy atom. The molecule has 1 aliphatic rings. The molecule has 1 fully saturated rings. The van der Waals surface area contributed by atoms with Crippen molar-refractivity contribution in [3.05, 3.63) is 29.8 Å². The first-order valence-corrected chi connectivity index (χ1v) is 10.7. The fraction of sp³-hybridized carbons (Fsp3) is 0.444. The second-order valence-corrected chi connectivity index (χ2v) is 9.04. The van der Waals surface area contributed by atoms with Crippen LogP contribution in [0.5, 0.6) is 0 Å². The summed E-state index contributed by atoms with van der Waals surface area (Å²) in [6.07, 6.45) is -2.36. The second kappa shape index (κ2) is 8.70. The molecule has 1 N–H and O–H groups in total. The highest BCUT2D eigenvalue weighted by Crippen LogP contribution is 2.38. The van der Waals surface area contributed by atoms with E-state index in [4.69, 9.17) is 0 Å². The monoisotopic (exact) mass is 444 g/mol. The summed E-state index contributed by atoms with van der Waals surface area (Å²) in [6, 6.07) is 4.97. The molecule has 29 heavy (non-hydrogen) atoms. The normalized spacial score (nSPS) is 15.1. The average molecular weight is 445 g/mol. The SMILES string of the molecule is CCC(=O)N(c1nnc(S[C@H](C)C(=O)Nc2ccccc2C(F)(F)F)s1)C1CC1. The topological polar surface area (TPSA) is 75.2 Å². The summed E-state index contributed by atoms with van der Waals surface area (Å²) in [4.78, 5) is 26.2. The van der Waals surface area contributed by atoms with E-state index in [9.17, 15) is 22.8 Å². The van der Waals surface area contributed by atoms with E-state index >= 15 is 0 Å². The first kappa shape index (κ1) is 21.6. The van der Waals surface area contributed by atoms with Crippen LogP contribution in [0.3, 0.4) is 0 Å². The van der Waals surface area contributed by atoms with Crippen molar-refractivity contribution >= 4 is 45.7 Å². The van der Waals surface area contributed by atoms with Gasteiger partial charge in [0, 0.05) is 12.5 Å². The number of benzene rings is 1. The molecule has 2 aromatic rings. The second-order valence-electron chi connectivity index (χ2n) is 6.49. The van der Waals surface area contributed by atoms with Crippen molar-refractivity contribution < 1.29 is 22.8 Å². The zero-order valence-electron chi connectivity index (χ0n) is 15.7. The third kappa shape index (κ3) is 5.27. The molecular formula is C18H19F3N4O2S2. The maximum atomic E-state index is 13.1. The number of thioether (sulfide) groups is 1. The van der Waals surface area contributed by atoms with Crippen LogP contribution in [0.4, 0.5) is 24.0 Å². The van der Waals surface area contributed by atoms with Gasteiger partial charge in [0.05, 0.1) is 16.5 Å².